The third kappa shape index (κ3) is 7.86. The molecule has 0 atom stereocenters. The summed E-state index contributed by atoms with van der Waals surface area (Å²) in [5, 5.41) is 3.31. The van der Waals surface area contributed by atoms with E-state index in [0.29, 0.717) is 36.2 Å². The molecule has 1 aliphatic heterocycles. The number of carbonyl (C=O) groups is 2. The van der Waals surface area contributed by atoms with Gasteiger partial charge in [0.2, 0.25) is 0 Å². The van der Waals surface area contributed by atoms with Crippen LogP contribution in [0.15, 0.2) is 96.1 Å². The maximum absolute atomic E-state index is 12.6. The summed E-state index contributed by atoms with van der Waals surface area (Å²) in [6, 6.07) is 25.8. The summed E-state index contributed by atoms with van der Waals surface area (Å²) in [7, 11) is 0. The van der Waals surface area contributed by atoms with E-state index in [9.17, 15) is 14.4 Å². The van der Waals surface area contributed by atoms with Gasteiger partial charge in [-0.1, -0.05) is 79.2 Å². The Labute approximate surface area is 241 Å². The molecule has 0 aliphatic carbocycles. The Kier molecular flexibility index (Phi) is 10.7. The maximum atomic E-state index is 12.6. The van der Waals surface area contributed by atoms with Crippen LogP contribution in [-0.4, -0.2) is 45.9 Å². The smallest absolute Gasteiger partial charge is 0.272 e. The zero-order valence-corrected chi connectivity index (χ0v) is 23.9. The van der Waals surface area contributed by atoms with Gasteiger partial charge in [-0.15, -0.1) is 0 Å². The summed E-state index contributed by atoms with van der Waals surface area (Å²) in [5.74, 6) is -0.522. The van der Waals surface area contributed by atoms with Crippen LogP contribution >= 0.6 is 0 Å². The molecule has 2 amide bonds. The van der Waals surface area contributed by atoms with E-state index in [2.05, 4.69) is 72.7 Å². The first-order chi connectivity index (χ1) is 20.0. The first-order valence-corrected chi connectivity index (χ1v) is 14.3. The highest BCUT2D eigenvalue weighted by molar-refractivity contribution is 6.21. The van der Waals surface area contributed by atoms with Gasteiger partial charge in [0.1, 0.15) is 5.69 Å². The Morgan fingerprint density at radius 3 is 2.12 bits per heavy atom. The number of rotatable bonds is 11. The van der Waals surface area contributed by atoms with Crippen molar-refractivity contribution in [3.05, 3.63) is 124 Å². The molecule has 4 aromatic rings. The molecule has 3 aromatic carbocycles. The Morgan fingerprint density at radius 2 is 1.44 bits per heavy atom. The van der Waals surface area contributed by atoms with E-state index in [1.165, 1.54) is 21.6 Å². The van der Waals surface area contributed by atoms with Crippen molar-refractivity contribution in [2.24, 2.45) is 0 Å². The third-order valence-corrected chi connectivity index (χ3v) is 6.96. The van der Waals surface area contributed by atoms with E-state index in [4.69, 9.17) is 0 Å². The molecule has 1 aliphatic rings. The molecule has 7 nitrogen and oxygen atoms in total. The highest BCUT2D eigenvalue weighted by Crippen LogP contribution is 2.22. The highest BCUT2D eigenvalue weighted by atomic mass is 16.2. The van der Waals surface area contributed by atoms with Crippen molar-refractivity contribution in [3.63, 3.8) is 0 Å². The number of carbonyl (C=O) groups excluding carboxylic acids is 2. The summed E-state index contributed by atoms with van der Waals surface area (Å²) in [6.45, 7) is 6.81. The van der Waals surface area contributed by atoms with Gasteiger partial charge in [0.25, 0.3) is 17.4 Å². The monoisotopic (exact) mass is 550 g/mol. The van der Waals surface area contributed by atoms with Crippen LogP contribution in [0.3, 0.4) is 0 Å². The van der Waals surface area contributed by atoms with Crippen LogP contribution in [0.1, 0.15) is 58.2 Å². The van der Waals surface area contributed by atoms with Crippen LogP contribution < -0.4 is 10.9 Å². The number of nitrogens with zero attached hydrogens (tertiary/aromatic N) is 3. The lowest BCUT2D eigenvalue weighted by atomic mass is 10.0. The van der Waals surface area contributed by atoms with Crippen LogP contribution in [0.25, 0.3) is 11.1 Å². The number of fused-ring (bicyclic) bond motifs is 1. The molecule has 5 rings (SSSR count). The first kappa shape index (κ1) is 29.6. The highest BCUT2D eigenvalue weighted by Gasteiger charge is 2.34. The summed E-state index contributed by atoms with van der Waals surface area (Å²) >= 11 is 0. The molecule has 2 heterocycles. The van der Waals surface area contributed by atoms with Crippen molar-refractivity contribution in [1.82, 2.24) is 19.8 Å². The molecule has 7 heteroatoms. The van der Waals surface area contributed by atoms with Crippen LogP contribution in [-0.2, 0) is 13.0 Å². The minimum absolute atomic E-state index is 0.0969. The van der Waals surface area contributed by atoms with E-state index in [1.54, 1.807) is 41.2 Å². The second kappa shape index (κ2) is 14.9. The van der Waals surface area contributed by atoms with Gasteiger partial charge < -0.3 is 9.88 Å². The zero-order chi connectivity index (χ0) is 29.0. The molecule has 0 bridgehead atoms. The molecule has 0 spiro atoms. The van der Waals surface area contributed by atoms with E-state index in [-0.39, 0.29) is 23.9 Å². The predicted molar refractivity (Wildman–Crippen MR) is 163 cm³/mol. The topological polar surface area (TPSA) is 84.3 Å². The fourth-order valence-electron chi connectivity index (χ4n) is 4.82. The number of hydrogen-bond acceptors (Lipinski definition) is 5. The standard InChI is InChI=1S/C21H26N4O3.C13H12/c1-2-10-22-11-5-9-18-21(28)24(15-12-23-18)13-6-14-25-19(26)16-7-3-4-8-17(16)20(25)27;1-11-6-5-9-13(10-11)12-7-3-2-4-8-12/h3-4,7-8,12,15,22H,2,5-6,9-11,13-14H2,1H3;2-10H,1H3. The molecule has 0 unspecified atom stereocenters. The maximum Gasteiger partial charge on any atom is 0.272 e. The minimum Gasteiger partial charge on any atom is -0.317 e. The van der Waals surface area contributed by atoms with Gasteiger partial charge in [0, 0.05) is 25.5 Å². The SMILES string of the molecule is CCCNCCCc1nccn(CCCN2C(=O)c3ccccc3C2=O)c1=O.Cc1cccc(-c2ccccc2)c1. The second-order valence-corrected chi connectivity index (χ2v) is 10.1. The van der Waals surface area contributed by atoms with E-state index in [1.807, 2.05) is 6.07 Å². The van der Waals surface area contributed by atoms with Crippen LogP contribution in [0.2, 0.25) is 0 Å². The molecule has 1 aromatic heterocycles. The van der Waals surface area contributed by atoms with Gasteiger partial charge in [-0.2, -0.15) is 0 Å². The van der Waals surface area contributed by atoms with Gasteiger partial charge in [-0.3, -0.25) is 24.3 Å². The van der Waals surface area contributed by atoms with Crippen LogP contribution in [0, 0.1) is 6.92 Å². The zero-order valence-electron chi connectivity index (χ0n) is 23.9. The number of nitrogens with one attached hydrogen (secondary N) is 1. The first-order valence-electron chi connectivity index (χ1n) is 14.3. The quantitative estimate of drug-likeness (QED) is 0.196. The lowest BCUT2D eigenvalue weighted by molar-refractivity contribution is 0.0650. The van der Waals surface area contributed by atoms with Crippen molar-refractivity contribution in [2.75, 3.05) is 19.6 Å². The summed E-state index contributed by atoms with van der Waals surface area (Å²) in [5.41, 5.74) is 5.25. The van der Waals surface area contributed by atoms with Crippen molar-refractivity contribution in [1.29, 1.82) is 0 Å². The summed E-state index contributed by atoms with van der Waals surface area (Å²) < 4.78 is 1.61. The Balaban J connectivity index is 0.000000247. The molecular weight excluding hydrogens is 512 g/mol. The predicted octanol–water partition coefficient (Wildman–Crippen LogP) is 5.52. The van der Waals surface area contributed by atoms with Crippen molar-refractivity contribution in [3.8, 4) is 11.1 Å². The molecule has 212 valence electrons. The van der Waals surface area contributed by atoms with Crippen LogP contribution in [0.5, 0.6) is 0 Å². The average Bonchev–Trinajstić information content (AvgIpc) is 3.24. The van der Waals surface area contributed by atoms with Crippen molar-refractivity contribution < 1.29 is 9.59 Å². The third-order valence-electron chi connectivity index (χ3n) is 6.96. The molecule has 41 heavy (non-hydrogen) atoms. The average molecular weight is 551 g/mol. The Morgan fingerprint density at radius 1 is 0.756 bits per heavy atom. The van der Waals surface area contributed by atoms with Gasteiger partial charge >= 0.3 is 0 Å². The van der Waals surface area contributed by atoms with E-state index in [0.717, 1.165) is 25.9 Å². The van der Waals surface area contributed by atoms with Crippen LogP contribution in [0.4, 0.5) is 0 Å². The second-order valence-electron chi connectivity index (χ2n) is 10.1. The molecule has 1 N–H and O–H groups in total. The van der Waals surface area contributed by atoms with Crippen molar-refractivity contribution in [2.45, 2.75) is 46.1 Å². The lowest BCUT2D eigenvalue weighted by Crippen LogP contribution is -2.32. The van der Waals surface area contributed by atoms with Crippen molar-refractivity contribution >= 4 is 11.8 Å². The van der Waals surface area contributed by atoms with Gasteiger partial charge in [-0.25, -0.2) is 0 Å². The molecule has 0 radical (unpaired) electrons. The number of aromatic nitrogens is 2. The Bertz CT molecular complexity index is 1480. The number of benzene rings is 3. The number of aryl methyl sites for hydroxylation is 3. The molecular formula is C34H38N4O3. The molecule has 0 saturated heterocycles. The Hall–Kier alpha value is -4.36. The minimum atomic E-state index is -0.261. The van der Waals surface area contributed by atoms with Gasteiger partial charge in [0.15, 0.2) is 0 Å². The molecule has 0 fully saturated rings. The van der Waals surface area contributed by atoms with Gasteiger partial charge in [-0.05, 0) is 69.0 Å². The van der Waals surface area contributed by atoms with E-state index >= 15 is 0 Å². The largest absolute Gasteiger partial charge is 0.317 e. The fourth-order valence-corrected chi connectivity index (χ4v) is 4.82. The van der Waals surface area contributed by atoms with Gasteiger partial charge in [0.05, 0.1) is 11.1 Å². The lowest BCUT2D eigenvalue weighted by Gasteiger charge is -2.14. The summed E-state index contributed by atoms with van der Waals surface area (Å²) in [4.78, 5) is 42.8. The number of hydrogen-bond donors (Lipinski definition) is 1. The normalized spacial score (nSPS) is 12.2. The molecule has 0 saturated carbocycles. The fraction of sp³-hybridized carbons (Fsp3) is 0.294. The van der Waals surface area contributed by atoms with E-state index < -0.39 is 0 Å². The number of amides is 2. The number of imide groups is 1. The summed E-state index contributed by atoms with van der Waals surface area (Å²) in [6.07, 6.45) is 6.40.